The number of rotatable bonds is 4. The monoisotopic (exact) mass is 434 g/mol. The Morgan fingerprint density at radius 1 is 1.32 bits per heavy atom. The molecule has 0 aromatic rings. The molecule has 2 aliphatic carbocycles. The quantitative estimate of drug-likeness (QED) is 0.290. The topological polar surface area (TPSA) is 124 Å². The number of ether oxygens (including phenoxy) is 5. The molecule has 0 amide bonds. The van der Waals surface area contributed by atoms with Crippen molar-refractivity contribution in [2.24, 2.45) is 17.8 Å². The molecule has 0 unspecified atom stereocenters. The van der Waals surface area contributed by atoms with Crippen LogP contribution in [0, 0.1) is 17.8 Å². The van der Waals surface area contributed by atoms with Gasteiger partial charge in [0.15, 0.2) is 0 Å². The first kappa shape index (κ1) is 20.7. The maximum Gasteiger partial charge on any atom is 0.334 e. The summed E-state index contributed by atoms with van der Waals surface area (Å²) in [5.74, 6) is -2.68. The van der Waals surface area contributed by atoms with Gasteiger partial charge in [-0.05, 0) is 19.9 Å². The van der Waals surface area contributed by atoms with E-state index in [4.69, 9.17) is 23.7 Å². The predicted octanol–water partition coefficient (Wildman–Crippen LogP) is 0.442. The highest BCUT2D eigenvalue weighted by Crippen LogP contribution is 2.67. The summed E-state index contributed by atoms with van der Waals surface area (Å²) in [7, 11) is 0. The Labute approximate surface area is 179 Å². The third-order valence-electron chi connectivity index (χ3n) is 7.56. The number of aliphatic hydroxyl groups is 1. The van der Waals surface area contributed by atoms with Crippen LogP contribution in [-0.4, -0.2) is 71.8 Å². The van der Waals surface area contributed by atoms with Gasteiger partial charge in [0.1, 0.15) is 36.1 Å². The smallest absolute Gasteiger partial charge is 0.334 e. The van der Waals surface area contributed by atoms with E-state index in [0.29, 0.717) is 13.0 Å². The van der Waals surface area contributed by atoms with Gasteiger partial charge in [-0.1, -0.05) is 6.58 Å². The average Bonchev–Trinajstić information content (AvgIpc) is 3.57. The van der Waals surface area contributed by atoms with Crippen molar-refractivity contribution in [1.29, 1.82) is 0 Å². The minimum Gasteiger partial charge on any atom is -0.462 e. The summed E-state index contributed by atoms with van der Waals surface area (Å²) in [6.45, 7) is 9.07. The molecule has 2 saturated carbocycles. The van der Waals surface area contributed by atoms with Gasteiger partial charge in [-0.25, -0.2) is 9.59 Å². The summed E-state index contributed by atoms with van der Waals surface area (Å²) < 4.78 is 28.1. The van der Waals surface area contributed by atoms with Crippen LogP contribution in [0.5, 0.6) is 0 Å². The summed E-state index contributed by atoms with van der Waals surface area (Å²) in [4.78, 5) is 36.1. The van der Waals surface area contributed by atoms with Gasteiger partial charge in [0.2, 0.25) is 0 Å². The summed E-state index contributed by atoms with van der Waals surface area (Å²) in [5.41, 5.74) is -0.735. The standard InChI is InChI=1S/C22H26O9/c1-9(5-6-27-11(3)23)19(25)29-12-7-22(8-28-22)14-15(21(4)18(31-21)16(14)24)17-13(12)10(2)20(26)30-17/h5,12-18,24H,2,6-8H2,1,3-4H3/b9-5-/t12-,13+,14+,15-,16+,17-,18+,21+,22+/m0/s1. The first-order chi connectivity index (χ1) is 14.6. The van der Waals surface area contributed by atoms with E-state index in [1.807, 2.05) is 6.92 Å². The SMILES string of the molecule is C=C1C(=O)O[C@H]2[C@H]1[C@@H](OC(=O)/C(C)=C\COC(C)=O)C[C@@]1(CO1)[C@H]1[C@@H](O)[C@H]3O[C@]3(C)[C@H]21. The lowest BCUT2D eigenvalue weighted by molar-refractivity contribution is -0.150. The van der Waals surface area contributed by atoms with Crippen LogP contribution in [0.15, 0.2) is 23.8 Å². The Morgan fingerprint density at radius 3 is 2.68 bits per heavy atom. The molecule has 3 heterocycles. The van der Waals surface area contributed by atoms with Crippen molar-refractivity contribution in [3.05, 3.63) is 23.8 Å². The Balaban J connectivity index is 1.44. The lowest BCUT2D eigenvalue weighted by atomic mass is 9.76. The second-order valence-corrected chi connectivity index (χ2v) is 9.38. The molecule has 0 aromatic carbocycles. The third-order valence-corrected chi connectivity index (χ3v) is 7.56. The van der Waals surface area contributed by atoms with Gasteiger partial charge in [-0.15, -0.1) is 0 Å². The Kier molecular flexibility index (Phi) is 4.42. The molecule has 9 nitrogen and oxygen atoms in total. The number of hydrogen-bond acceptors (Lipinski definition) is 9. The minimum absolute atomic E-state index is 0.0399. The molecule has 3 saturated heterocycles. The van der Waals surface area contributed by atoms with Gasteiger partial charge in [0, 0.05) is 36.3 Å². The van der Waals surface area contributed by atoms with Crippen molar-refractivity contribution in [2.75, 3.05) is 13.2 Å². The van der Waals surface area contributed by atoms with Crippen molar-refractivity contribution in [3.63, 3.8) is 0 Å². The predicted molar refractivity (Wildman–Crippen MR) is 102 cm³/mol. The second-order valence-electron chi connectivity index (χ2n) is 9.38. The van der Waals surface area contributed by atoms with Crippen LogP contribution in [0.4, 0.5) is 0 Å². The van der Waals surface area contributed by atoms with Crippen molar-refractivity contribution >= 4 is 17.9 Å². The Morgan fingerprint density at radius 2 is 2.03 bits per heavy atom. The lowest BCUT2D eigenvalue weighted by Crippen LogP contribution is -2.44. The zero-order chi connectivity index (χ0) is 22.3. The fraction of sp³-hybridized carbons (Fsp3) is 0.682. The summed E-state index contributed by atoms with van der Waals surface area (Å²) in [5, 5.41) is 10.9. The maximum absolute atomic E-state index is 12.8. The number of aliphatic hydroxyl groups excluding tert-OH is 1. The molecule has 168 valence electrons. The summed E-state index contributed by atoms with van der Waals surface area (Å²) in [6, 6.07) is 0. The van der Waals surface area contributed by atoms with Gasteiger partial charge >= 0.3 is 17.9 Å². The van der Waals surface area contributed by atoms with Gasteiger partial charge < -0.3 is 28.8 Å². The van der Waals surface area contributed by atoms with E-state index in [2.05, 4.69) is 6.58 Å². The summed E-state index contributed by atoms with van der Waals surface area (Å²) >= 11 is 0. The maximum atomic E-state index is 12.8. The highest BCUT2D eigenvalue weighted by Gasteiger charge is 2.81. The molecular formula is C22H26O9. The Bertz CT molecular complexity index is 903. The average molecular weight is 434 g/mol. The number of carbonyl (C=O) groups excluding carboxylic acids is 3. The molecule has 0 radical (unpaired) electrons. The molecule has 0 aromatic heterocycles. The van der Waals surface area contributed by atoms with E-state index in [0.717, 1.165) is 0 Å². The first-order valence-corrected chi connectivity index (χ1v) is 10.5. The van der Waals surface area contributed by atoms with E-state index >= 15 is 0 Å². The number of carbonyl (C=O) groups is 3. The van der Waals surface area contributed by atoms with Crippen LogP contribution < -0.4 is 0 Å². The number of hydrogen-bond donors (Lipinski definition) is 1. The van der Waals surface area contributed by atoms with E-state index in [-0.39, 0.29) is 35.7 Å². The van der Waals surface area contributed by atoms with Crippen LogP contribution in [0.1, 0.15) is 27.2 Å². The molecule has 9 atom stereocenters. The molecule has 9 heteroatoms. The van der Waals surface area contributed by atoms with E-state index < -0.39 is 53.3 Å². The third kappa shape index (κ3) is 2.97. The zero-order valence-corrected chi connectivity index (χ0v) is 17.7. The van der Waals surface area contributed by atoms with Gasteiger partial charge in [-0.2, -0.15) is 0 Å². The molecule has 1 N–H and O–H groups in total. The van der Waals surface area contributed by atoms with E-state index in [1.54, 1.807) is 6.92 Å². The molecular weight excluding hydrogens is 408 g/mol. The highest BCUT2D eigenvalue weighted by atomic mass is 16.6. The zero-order valence-electron chi connectivity index (χ0n) is 17.7. The minimum atomic E-state index is -0.745. The summed E-state index contributed by atoms with van der Waals surface area (Å²) in [6.07, 6.45) is -0.603. The molecule has 1 spiro atoms. The first-order valence-electron chi connectivity index (χ1n) is 10.5. The van der Waals surface area contributed by atoms with Gasteiger partial charge in [-0.3, -0.25) is 4.79 Å². The van der Waals surface area contributed by atoms with Crippen LogP contribution in [0.25, 0.3) is 0 Å². The van der Waals surface area contributed by atoms with Crippen LogP contribution in [0.2, 0.25) is 0 Å². The fourth-order valence-corrected chi connectivity index (χ4v) is 5.90. The molecule has 5 fully saturated rings. The van der Waals surface area contributed by atoms with Crippen LogP contribution in [-0.2, 0) is 38.1 Å². The van der Waals surface area contributed by atoms with Crippen molar-refractivity contribution in [1.82, 2.24) is 0 Å². The lowest BCUT2D eigenvalue weighted by Gasteiger charge is -2.33. The van der Waals surface area contributed by atoms with Crippen molar-refractivity contribution in [2.45, 2.75) is 62.8 Å². The molecule has 31 heavy (non-hydrogen) atoms. The molecule has 5 rings (SSSR count). The second kappa shape index (κ2) is 6.63. The van der Waals surface area contributed by atoms with E-state index in [1.165, 1.54) is 13.0 Å². The van der Waals surface area contributed by atoms with E-state index in [9.17, 15) is 19.5 Å². The van der Waals surface area contributed by atoms with Crippen molar-refractivity contribution in [3.8, 4) is 0 Å². The normalized spacial score (nSPS) is 47.1. The fourth-order valence-electron chi connectivity index (χ4n) is 5.90. The highest BCUT2D eigenvalue weighted by molar-refractivity contribution is 5.92. The molecule has 3 aliphatic heterocycles. The number of esters is 3. The molecule has 0 bridgehead atoms. The van der Waals surface area contributed by atoms with Crippen molar-refractivity contribution < 1.29 is 43.2 Å². The number of fused-ring (bicyclic) bond motifs is 6. The Hall–Kier alpha value is -2.23. The van der Waals surface area contributed by atoms with Gasteiger partial charge in [0.05, 0.1) is 18.6 Å². The largest absolute Gasteiger partial charge is 0.462 e. The van der Waals surface area contributed by atoms with Gasteiger partial charge in [0.25, 0.3) is 0 Å². The number of epoxide rings is 2. The molecule has 5 aliphatic rings. The van der Waals surface area contributed by atoms with Crippen LogP contribution in [0.3, 0.4) is 0 Å². The van der Waals surface area contributed by atoms with Crippen LogP contribution >= 0.6 is 0 Å².